The Hall–Kier alpha value is -2.10. The minimum Gasteiger partial charge on any atom is -0.506 e. The molecule has 2 rings (SSSR count). The number of rotatable bonds is 2. The first-order valence-electron chi connectivity index (χ1n) is 4.53. The fourth-order valence-electron chi connectivity index (χ4n) is 1.54. The van der Waals surface area contributed by atoms with E-state index in [-0.39, 0.29) is 11.4 Å². The van der Waals surface area contributed by atoms with Crippen molar-refractivity contribution in [2.75, 3.05) is 12.4 Å². The second-order valence-corrected chi connectivity index (χ2v) is 3.21. The molecule has 0 heterocycles. The number of anilines is 1. The highest BCUT2D eigenvalue weighted by Crippen LogP contribution is 2.35. The Morgan fingerprint density at radius 2 is 2.00 bits per heavy atom. The maximum Gasteiger partial charge on any atom is 0.157 e. The number of phenolic OH excluding ortho intramolecular Hbond substituents is 1. The third-order valence-electron chi connectivity index (χ3n) is 2.35. The summed E-state index contributed by atoms with van der Waals surface area (Å²) in [6.07, 6.45) is 0. The lowest BCUT2D eigenvalue weighted by molar-refractivity contribution is 0.477. The fourth-order valence-corrected chi connectivity index (χ4v) is 1.54. The quantitative estimate of drug-likeness (QED) is 0.736. The van der Waals surface area contributed by atoms with Gasteiger partial charge in [-0.1, -0.05) is 12.1 Å². The van der Waals surface area contributed by atoms with Gasteiger partial charge in [-0.15, -0.1) is 4.91 Å². The summed E-state index contributed by atoms with van der Waals surface area (Å²) in [6, 6.07) is 8.77. The van der Waals surface area contributed by atoms with Crippen molar-refractivity contribution < 1.29 is 5.11 Å². The third kappa shape index (κ3) is 1.50. The Kier molecular flexibility index (Phi) is 2.25. The molecule has 0 amide bonds. The molecule has 15 heavy (non-hydrogen) atoms. The number of nitrogens with one attached hydrogen (secondary N) is 1. The van der Waals surface area contributed by atoms with Crippen molar-refractivity contribution in [1.82, 2.24) is 0 Å². The zero-order valence-corrected chi connectivity index (χ0v) is 8.19. The van der Waals surface area contributed by atoms with Crippen molar-refractivity contribution >= 4 is 22.1 Å². The number of phenols is 1. The summed E-state index contributed by atoms with van der Waals surface area (Å²) in [6.45, 7) is 0. The minimum atomic E-state index is -0.0919. The maximum atomic E-state index is 10.6. The number of nitroso groups, excluding NO2 is 1. The van der Waals surface area contributed by atoms with E-state index in [0.29, 0.717) is 5.39 Å². The van der Waals surface area contributed by atoms with Crippen LogP contribution in [0.4, 0.5) is 11.4 Å². The lowest BCUT2D eigenvalue weighted by atomic mass is 10.1. The molecule has 0 radical (unpaired) electrons. The number of hydrogen-bond donors (Lipinski definition) is 2. The highest BCUT2D eigenvalue weighted by Gasteiger charge is 2.07. The smallest absolute Gasteiger partial charge is 0.157 e. The Balaban J connectivity index is 2.81. The molecule has 4 heteroatoms. The lowest BCUT2D eigenvalue weighted by Gasteiger charge is -2.05. The van der Waals surface area contributed by atoms with Crippen LogP contribution in [0.25, 0.3) is 10.8 Å². The van der Waals surface area contributed by atoms with Crippen molar-refractivity contribution in [3.63, 3.8) is 0 Å². The molecule has 0 fully saturated rings. The van der Waals surface area contributed by atoms with Crippen molar-refractivity contribution in [2.24, 2.45) is 5.18 Å². The van der Waals surface area contributed by atoms with E-state index in [1.165, 1.54) is 6.07 Å². The summed E-state index contributed by atoms with van der Waals surface area (Å²) in [5, 5.41) is 16.8. The van der Waals surface area contributed by atoms with Gasteiger partial charge in [0, 0.05) is 18.1 Å². The normalized spacial score (nSPS) is 10.2. The van der Waals surface area contributed by atoms with Crippen molar-refractivity contribution in [1.29, 1.82) is 0 Å². The predicted octanol–water partition coefficient (Wildman–Crippen LogP) is 2.99. The number of hydrogen-bond acceptors (Lipinski definition) is 4. The van der Waals surface area contributed by atoms with E-state index in [4.69, 9.17) is 0 Å². The first-order valence-corrected chi connectivity index (χ1v) is 4.53. The summed E-state index contributed by atoms with van der Waals surface area (Å²) in [7, 11) is 1.79. The highest BCUT2D eigenvalue weighted by molar-refractivity contribution is 5.97. The summed E-state index contributed by atoms with van der Waals surface area (Å²) in [5.41, 5.74) is 0.961. The summed E-state index contributed by atoms with van der Waals surface area (Å²) < 4.78 is 0. The van der Waals surface area contributed by atoms with Crippen LogP contribution in [0.2, 0.25) is 0 Å². The van der Waals surface area contributed by atoms with Crippen molar-refractivity contribution in [3.05, 3.63) is 35.2 Å². The van der Waals surface area contributed by atoms with Gasteiger partial charge in [-0.3, -0.25) is 0 Å². The first-order chi connectivity index (χ1) is 7.26. The van der Waals surface area contributed by atoms with Crippen molar-refractivity contribution in [2.45, 2.75) is 0 Å². The van der Waals surface area contributed by atoms with Crippen molar-refractivity contribution in [3.8, 4) is 5.75 Å². The zero-order chi connectivity index (χ0) is 10.8. The van der Waals surface area contributed by atoms with E-state index in [9.17, 15) is 10.0 Å². The molecule has 0 aliphatic carbocycles. The zero-order valence-electron chi connectivity index (χ0n) is 8.19. The Labute approximate surface area is 86.5 Å². The summed E-state index contributed by atoms with van der Waals surface area (Å²) >= 11 is 0. The van der Waals surface area contributed by atoms with Crippen LogP contribution in [0.3, 0.4) is 0 Å². The van der Waals surface area contributed by atoms with Crippen LogP contribution in [0, 0.1) is 4.91 Å². The topological polar surface area (TPSA) is 61.7 Å². The highest BCUT2D eigenvalue weighted by atomic mass is 16.3. The van der Waals surface area contributed by atoms with Gasteiger partial charge >= 0.3 is 0 Å². The molecule has 0 saturated carbocycles. The Morgan fingerprint density at radius 3 is 2.67 bits per heavy atom. The second kappa shape index (κ2) is 3.57. The van der Waals surface area contributed by atoms with Crippen LogP contribution in [-0.2, 0) is 0 Å². The van der Waals surface area contributed by atoms with Gasteiger partial charge in [0.15, 0.2) is 5.69 Å². The molecule has 2 aromatic carbocycles. The maximum absolute atomic E-state index is 10.6. The molecule has 0 saturated heterocycles. The standard InChI is InChI=1S/C11H10N2O2/c1-12-8-4-2-7-3-5-10(14)11(13-15)9(7)6-8/h2-6,12,14H,1H3. The molecule has 2 aromatic rings. The number of benzene rings is 2. The van der Waals surface area contributed by atoms with Gasteiger partial charge in [0.05, 0.1) is 0 Å². The SMILES string of the molecule is CNc1ccc2ccc(O)c(N=O)c2c1. The molecule has 0 atom stereocenters. The second-order valence-electron chi connectivity index (χ2n) is 3.21. The molecule has 0 aliphatic rings. The van der Waals surface area contributed by atoms with Gasteiger partial charge in [0.1, 0.15) is 5.75 Å². The van der Waals surface area contributed by atoms with Crippen LogP contribution in [0.1, 0.15) is 0 Å². The molecule has 76 valence electrons. The van der Waals surface area contributed by atoms with Crippen LogP contribution in [0.5, 0.6) is 5.75 Å². The molecule has 0 bridgehead atoms. The van der Waals surface area contributed by atoms with Gasteiger partial charge in [0.2, 0.25) is 0 Å². The largest absolute Gasteiger partial charge is 0.506 e. The van der Waals surface area contributed by atoms with Gasteiger partial charge in [-0.25, -0.2) is 0 Å². The van der Waals surface area contributed by atoms with Crippen LogP contribution >= 0.6 is 0 Å². The van der Waals surface area contributed by atoms with Gasteiger partial charge in [-0.2, -0.15) is 0 Å². The van der Waals surface area contributed by atoms with Gasteiger partial charge < -0.3 is 10.4 Å². The summed E-state index contributed by atoms with van der Waals surface area (Å²) in [5.74, 6) is -0.0919. The van der Waals surface area contributed by atoms with E-state index in [1.54, 1.807) is 19.2 Å². The Bertz CT molecular complexity index is 523. The molecule has 4 nitrogen and oxygen atoms in total. The average Bonchev–Trinajstić information content (AvgIpc) is 2.28. The molecule has 2 N–H and O–H groups in total. The van der Waals surface area contributed by atoms with E-state index in [0.717, 1.165) is 11.1 Å². The molecular weight excluding hydrogens is 192 g/mol. The van der Waals surface area contributed by atoms with Crippen LogP contribution in [-0.4, -0.2) is 12.2 Å². The molecule has 0 aliphatic heterocycles. The van der Waals surface area contributed by atoms with Gasteiger partial charge in [0.25, 0.3) is 0 Å². The number of aromatic hydroxyl groups is 1. The fraction of sp³-hybridized carbons (Fsp3) is 0.0909. The number of fused-ring (bicyclic) bond motifs is 1. The van der Waals surface area contributed by atoms with E-state index in [2.05, 4.69) is 10.5 Å². The van der Waals surface area contributed by atoms with E-state index >= 15 is 0 Å². The lowest BCUT2D eigenvalue weighted by Crippen LogP contribution is -1.87. The molecule has 0 aromatic heterocycles. The van der Waals surface area contributed by atoms with Crippen LogP contribution in [0.15, 0.2) is 35.5 Å². The van der Waals surface area contributed by atoms with E-state index < -0.39 is 0 Å². The molecule has 0 spiro atoms. The number of nitrogens with zero attached hydrogens (tertiary/aromatic N) is 1. The molecular formula is C11H10N2O2. The van der Waals surface area contributed by atoms with E-state index in [1.807, 2.05) is 12.1 Å². The minimum absolute atomic E-state index is 0.0876. The van der Waals surface area contributed by atoms with Gasteiger partial charge in [-0.05, 0) is 28.8 Å². The van der Waals surface area contributed by atoms with Crippen LogP contribution < -0.4 is 5.32 Å². The third-order valence-corrected chi connectivity index (χ3v) is 2.35. The first kappa shape index (κ1) is 9.45. The average molecular weight is 202 g/mol. The predicted molar refractivity (Wildman–Crippen MR) is 60.6 cm³/mol. The monoisotopic (exact) mass is 202 g/mol. The summed E-state index contributed by atoms with van der Waals surface area (Å²) in [4.78, 5) is 10.6. The molecule has 0 unspecified atom stereocenters. The Morgan fingerprint density at radius 1 is 1.27 bits per heavy atom.